The van der Waals surface area contributed by atoms with E-state index in [0.717, 1.165) is 89.9 Å². The molecule has 10 heteroatoms. The van der Waals surface area contributed by atoms with Crippen LogP contribution < -0.4 is 4.89 Å². The van der Waals surface area contributed by atoms with Gasteiger partial charge in [0.25, 0.3) is 7.82 Å². The summed E-state index contributed by atoms with van der Waals surface area (Å²) in [5.41, 5.74) is 0. The third kappa shape index (κ3) is 71.7. The highest BCUT2D eigenvalue weighted by Crippen LogP contribution is 2.38. The van der Waals surface area contributed by atoms with E-state index in [4.69, 9.17) is 18.5 Å². The quantitative estimate of drug-likeness (QED) is 0.0195. The molecule has 0 aliphatic heterocycles. The summed E-state index contributed by atoms with van der Waals surface area (Å²) in [6.07, 6.45) is 96.0. The summed E-state index contributed by atoms with van der Waals surface area (Å²) in [5.74, 6) is -0.826. The van der Waals surface area contributed by atoms with Crippen LogP contribution in [0.3, 0.4) is 0 Å². The van der Waals surface area contributed by atoms with Gasteiger partial charge in [-0.25, -0.2) is 0 Å². The highest BCUT2D eigenvalue weighted by atomic mass is 31.2. The lowest BCUT2D eigenvalue weighted by atomic mass is 10.0. The van der Waals surface area contributed by atoms with Crippen LogP contribution in [0.4, 0.5) is 0 Å². The molecule has 0 aliphatic rings. The lowest BCUT2D eigenvalue weighted by Crippen LogP contribution is -2.37. The summed E-state index contributed by atoms with van der Waals surface area (Å²) < 4.78 is 34.3. The molecule has 2 unspecified atom stereocenters. The fourth-order valence-electron chi connectivity index (χ4n) is 10.2. The lowest BCUT2D eigenvalue weighted by molar-refractivity contribution is -0.870. The number of carbonyl (C=O) groups excluding carboxylic acids is 2. The van der Waals surface area contributed by atoms with Crippen LogP contribution in [0.2, 0.25) is 0 Å². The number of likely N-dealkylation sites (N-methyl/N-ethyl adjacent to an activating group) is 1. The Morgan fingerprint density at radius 2 is 0.648 bits per heavy atom. The van der Waals surface area contributed by atoms with Crippen molar-refractivity contribution in [2.24, 2.45) is 0 Å². The van der Waals surface area contributed by atoms with E-state index in [1.54, 1.807) is 0 Å². The predicted molar refractivity (Wildman–Crippen MR) is 378 cm³/mol. The van der Waals surface area contributed by atoms with Crippen LogP contribution in [0, 0.1) is 0 Å². The molecule has 0 spiro atoms. The number of carbonyl (C=O) groups is 2. The molecule has 0 saturated heterocycles. The minimum atomic E-state index is -4.65. The number of hydrogen-bond donors (Lipinski definition) is 0. The molecular weight excluding hydrogens is 1110 g/mol. The molecule has 2 atom stereocenters. The number of unbranched alkanes of at least 4 members (excludes halogenated alkanes) is 35. The van der Waals surface area contributed by atoms with Crippen LogP contribution >= 0.6 is 7.82 Å². The molecular formula is C78H138NO8P. The molecule has 0 heterocycles. The smallest absolute Gasteiger partial charge is 0.306 e. The summed E-state index contributed by atoms with van der Waals surface area (Å²) in [5, 5.41) is 0. The maximum Gasteiger partial charge on any atom is 0.306 e. The van der Waals surface area contributed by atoms with Crippen LogP contribution in [-0.4, -0.2) is 70.0 Å². The molecule has 0 aliphatic carbocycles. The fourth-order valence-corrected chi connectivity index (χ4v) is 10.9. The average Bonchev–Trinajstić information content (AvgIpc) is 3.68. The Morgan fingerprint density at radius 1 is 0.364 bits per heavy atom. The molecule has 9 nitrogen and oxygen atoms in total. The summed E-state index contributed by atoms with van der Waals surface area (Å²) in [4.78, 5) is 38.1. The van der Waals surface area contributed by atoms with Crippen LogP contribution in [0.1, 0.15) is 322 Å². The van der Waals surface area contributed by atoms with Crippen molar-refractivity contribution in [3.05, 3.63) is 109 Å². The Balaban J connectivity index is 4.02. The maximum atomic E-state index is 12.9. The van der Waals surface area contributed by atoms with Gasteiger partial charge in [0.05, 0.1) is 27.7 Å². The van der Waals surface area contributed by atoms with Crippen molar-refractivity contribution in [1.82, 2.24) is 0 Å². The molecule has 0 aromatic rings. The van der Waals surface area contributed by atoms with Crippen LogP contribution in [0.25, 0.3) is 0 Å². The summed E-state index contributed by atoms with van der Waals surface area (Å²) in [7, 11) is 1.17. The number of phosphoric ester groups is 1. The van der Waals surface area contributed by atoms with Crippen molar-refractivity contribution in [2.75, 3.05) is 47.5 Å². The van der Waals surface area contributed by atoms with Crippen molar-refractivity contribution >= 4 is 19.8 Å². The molecule has 88 heavy (non-hydrogen) atoms. The largest absolute Gasteiger partial charge is 0.756 e. The average molecular weight is 1250 g/mol. The van der Waals surface area contributed by atoms with E-state index in [2.05, 4.69) is 123 Å². The van der Waals surface area contributed by atoms with Gasteiger partial charge in [-0.2, -0.15) is 0 Å². The first-order valence-electron chi connectivity index (χ1n) is 36.6. The Kier molecular flexibility index (Phi) is 65.5. The zero-order valence-corrected chi connectivity index (χ0v) is 58.8. The maximum absolute atomic E-state index is 12.9. The third-order valence-electron chi connectivity index (χ3n) is 15.8. The molecule has 0 radical (unpaired) electrons. The number of ether oxygens (including phenoxy) is 2. The van der Waals surface area contributed by atoms with E-state index >= 15 is 0 Å². The van der Waals surface area contributed by atoms with Gasteiger partial charge < -0.3 is 27.9 Å². The van der Waals surface area contributed by atoms with Crippen molar-refractivity contribution in [3.63, 3.8) is 0 Å². The molecule has 0 amide bonds. The summed E-state index contributed by atoms with van der Waals surface area (Å²) >= 11 is 0. The third-order valence-corrected chi connectivity index (χ3v) is 16.7. The molecule has 0 aromatic carbocycles. The second kappa shape index (κ2) is 68.0. The van der Waals surface area contributed by atoms with E-state index in [0.29, 0.717) is 17.4 Å². The number of phosphoric acid groups is 1. The van der Waals surface area contributed by atoms with E-state index in [9.17, 15) is 19.0 Å². The second-order valence-corrected chi connectivity index (χ2v) is 27.0. The zero-order valence-electron chi connectivity index (χ0n) is 57.9. The summed E-state index contributed by atoms with van der Waals surface area (Å²) in [6, 6.07) is 0. The standard InChI is InChI=1S/C78H138NO8P/c1-6-8-10-12-14-16-18-20-22-24-26-28-30-32-33-34-35-36-37-38-39-40-41-42-43-44-45-47-49-51-53-55-57-59-61-63-65-67-69-71-78(81)87-76(75-86-88(82,83)85-73-72-79(3,4)5)74-84-77(80)70-68-66-64-62-60-58-56-54-52-50-48-46-31-29-27-25-23-21-19-17-15-13-11-9-7-2/h8,10,14,16,20,22,25-28,32-33,35-36,38-39,41-42,76H,6-7,9,11-13,15,17-19,21,23-24,29-31,34,37,40,43-75H2,1-5H3/b10-8-,16-14-,22-20-,27-25-,28-26-,33-32-,36-35-,39-38-,42-41-. The molecule has 0 rings (SSSR count). The monoisotopic (exact) mass is 1250 g/mol. The molecule has 0 fully saturated rings. The first-order valence-corrected chi connectivity index (χ1v) is 38.1. The van der Waals surface area contributed by atoms with E-state index in [1.807, 2.05) is 21.1 Å². The highest BCUT2D eigenvalue weighted by Gasteiger charge is 2.22. The van der Waals surface area contributed by atoms with E-state index in [-0.39, 0.29) is 32.0 Å². The van der Waals surface area contributed by atoms with Crippen LogP contribution in [0.5, 0.6) is 0 Å². The van der Waals surface area contributed by atoms with Crippen LogP contribution in [-0.2, 0) is 32.7 Å². The lowest BCUT2D eigenvalue weighted by Gasteiger charge is -2.28. The van der Waals surface area contributed by atoms with Crippen LogP contribution in [0.15, 0.2) is 109 Å². The molecule has 0 N–H and O–H groups in total. The number of hydrogen-bond acceptors (Lipinski definition) is 8. The van der Waals surface area contributed by atoms with Gasteiger partial charge in [-0.15, -0.1) is 0 Å². The van der Waals surface area contributed by atoms with Gasteiger partial charge in [0, 0.05) is 12.8 Å². The van der Waals surface area contributed by atoms with Gasteiger partial charge in [0.1, 0.15) is 19.8 Å². The minimum absolute atomic E-state index is 0.0332. The first-order chi connectivity index (χ1) is 43.0. The Labute approximate surface area is 544 Å². The first kappa shape index (κ1) is 84.7. The van der Waals surface area contributed by atoms with Crippen molar-refractivity contribution < 1.29 is 42.1 Å². The molecule has 508 valence electrons. The van der Waals surface area contributed by atoms with Crippen molar-refractivity contribution in [1.29, 1.82) is 0 Å². The van der Waals surface area contributed by atoms with E-state index in [1.165, 1.54) is 199 Å². The number of rotatable bonds is 67. The van der Waals surface area contributed by atoms with Gasteiger partial charge in [-0.05, 0) is 103 Å². The molecule has 0 bridgehead atoms. The fraction of sp³-hybridized carbons (Fsp3) is 0.744. The number of esters is 2. The highest BCUT2D eigenvalue weighted by molar-refractivity contribution is 7.45. The Bertz CT molecular complexity index is 1850. The van der Waals surface area contributed by atoms with E-state index < -0.39 is 26.5 Å². The summed E-state index contributed by atoms with van der Waals surface area (Å²) in [6.45, 7) is 4.16. The second-order valence-electron chi connectivity index (χ2n) is 25.6. The SMILES string of the molecule is CC/C=C\C/C=C\C/C=C\C/C=C\C/C=C\C/C=C\C/C=C\C/C=C\CCCCCCCCCCCCCCCCC(=O)OC(COC(=O)CCCCCCCCCCCCCCC/C=C\CCCCCCCCCC)COP(=O)([O-])OCC[N+](C)(C)C. The van der Waals surface area contributed by atoms with Gasteiger partial charge in [0.2, 0.25) is 0 Å². The number of nitrogens with zero attached hydrogens (tertiary/aromatic N) is 1. The molecule has 0 aromatic heterocycles. The minimum Gasteiger partial charge on any atom is -0.756 e. The molecule has 0 saturated carbocycles. The van der Waals surface area contributed by atoms with Gasteiger partial charge in [-0.1, -0.05) is 316 Å². The van der Waals surface area contributed by atoms with Gasteiger partial charge >= 0.3 is 11.9 Å². The van der Waals surface area contributed by atoms with Crippen molar-refractivity contribution in [2.45, 2.75) is 328 Å². The normalized spacial score (nSPS) is 13.8. The zero-order chi connectivity index (χ0) is 64.1. The van der Waals surface area contributed by atoms with Gasteiger partial charge in [0.15, 0.2) is 6.10 Å². The predicted octanol–water partition coefficient (Wildman–Crippen LogP) is 23.4. The number of quaternary nitrogens is 1. The topological polar surface area (TPSA) is 111 Å². The Hall–Kier alpha value is -3.33. The van der Waals surface area contributed by atoms with Crippen molar-refractivity contribution in [3.8, 4) is 0 Å². The Morgan fingerprint density at radius 3 is 0.977 bits per heavy atom. The van der Waals surface area contributed by atoms with Gasteiger partial charge in [-0.3, -0.25) is 14.2 Å². The number of allylic oxidation sites excluding steroid dienone is 18.